The first-order valence-electron chi connectivity index (χ1n) is 11.4. The van der Waals surface area contributed by atoms with E-state index in [2.05, 4.69) is 134 Å². The Morgan fingerprint density at radius 1 is 0.419 bits per heavy atom. The summed E-state index contributed by atoms with van der Waals surface area (Å²) in [5.41, 5.74) is 9.31. The predicted octanol–water partition coefficient (Wildman–Crippen LogP) is 8.99. The van der Waals surface area contributed by atoms with Gasteiger partial charge in [-0.2, -0.15) is 0 Å². The van der Waals surface area contributed by atoms with Gasteiger partial charge in [-0.15, -0.1) is 0 Å². The summed E-state index contributed by atoms with van der Waals surface area (Å²) in [7, 11) is 0. The molecule has 0 aliphatic rings. The van der Waals surface area contributed by atoms with E-state index in [1.165, 1.54) is 27.8 Å². The third kappa shape index (κ3) is 5.79. The Balaban J connectivity index is 1.87. The van der Waals surface area contributed by atoms with Gasteiger partial charge in [-0.3, -0.25) is 0 Å². The van der Waals surface area contributed by atoms with Crippen molar-refractivity contribution in [2.75, 3.05) is 5.32 Å². The standard InChI is InChI=1S/C30H39N/c1-28(2,3)23-12-16-27(17-13-23)31-26-14-10-21(11-15-26)22-18-24(29(4,5)6)20-25(19-22)30(7,8)9/h10-20,31H,1-9H3. The number of nitrogens with one attached hydrogen (secondary N) is 1. The number of anilines is 2. The average molecular weight is 414 g/mol. The van der Waals surface area contributed by atoms with E-state index in [0.29, 0.717) is 0 Å². The van der Waals surface area contributed by atoms with Crippen LogP contribution >= 0.6 is 0 Å². The molecular formula is C30H39N. The quantitative estimate of drug-likeness (QED) is 0.451. The van der Waals surface area contributed by atoms with Gasteiger partial charge in [-0.25, -0.2) is 0 Å². The second-order valence-corrected chi connectivity index (χ2v) is 11.8. The fourth-order valence-corrected chi connectivity index (χ4v) is 3.63. The monoisotopic (exact) mass is 413 g/mol. The van der Waals surface area contributed by atoms with E-state index in [1.54, 1.807) is 0 Å². The third-order valence-corrected chi connectivity index (χ3v) is 5.92. The lowest BCUT2D eigenvalue weighted by atomic mass is 9.79. The van der Waals surface area contributed by atoms with Crippen molar-refractivity contribution < 1.29 is 0 Å². The largest absolute Gasteiger partial charge is 0.356 e. The van der Waals surface area contributed by atoms with Crippen molar-refractivity contribution in [3.8, 4) is 11.1 Å². The van der Waals surface area contributed by atoms with Crippen molar-refractivity contribution >= 4 is 11.4 Å². The molecule has 1 heteroatoms. The molecule has 0 saturated carbocycles. The third-order valence-electron chi connectivity index (χ3n) is 5.92. The molecule has 0 unspecified atom stereocenters. The van der Waals surface area contributed by atoms with Gasteiger partial charge in [0.2, 0.25) is 0 Å². The summed E-state index contributed by atoms with van der Waals surface area (Å²) >= 11 is 0. The van der Waals surface area contributed by atoms with Crippen molar-refractivity contribution in [2.45, 2.75) is 78.6 Å². The van der Waals surface area contributed by atoms with Crippen molar-refractivity contribution in [3.63, 3.8) is 0 Å². The SMILES string of the molecule is CC(C)(C)c1ccc(Nc2ccc(-c3cc(C(C)(C)C)cc(C(C)(C)C)c3)cc2)cc1. The van der Waals surface area contributed by atoms with Crippen molar-refractivity contribution in [1.29, 1.82) is 0 Å². The Morgan fingerprint density at radius 3 is 1.19 bits per heavy atom. The lowest BCUT2D eigenvalue weighted by molar-refractivity contribution is 0.569. The van der Waals surface area contributed by atoms with Crippen LogP contribution in [0.5, 0.6) is 0 Å². The molecule has 3 rings (SSSR count). The Kier molecular flexibility index (Phi) is 6.11. The molecule has 0 spiro atoms. The Hall–Kier alpha value is -2.54. The van der Waals surface area contributed by atoms with Gasteiger partial charge >= 0.3 is 0 Å². The first-order valence-corrected chi connectivity index (χ1v) is 11.4. The van der Waals surface area contributed by atoms with Crippen LogP contribution < -0.4 is 5.32 Å². The predicted molar refractivity (Wildman–Crippen MR) is 138 cm³/mol. The Bertz CT molecular complexity index is 986. The zero-order valence-corrected chi connectivity index (χ0v) is 20.9. The highest BCUT2D eigenvalue weighted by Crippen LogP contribution is 2.34. The summed E-state index contributed by atoms with van der Waals surface area (Å²) in [4.78, 5) is 0. The Labute approximate surface area is 189 Å². The topological polar surface area (TPSA) is 12.0 Å². The zero-order chi connectivity index (χ0) is 23.0. The molecule has 3 aromatic carbocycles. The first kappa shape index (κ1) is 23.1. The molecule has 0 bridgehead atoms. The van der Waals surface area contributed by atoms with Gasteiger partial charge in [0.1, 0.15) is 0 Å². The molecule has 3 aromatic rings. The second-order valence-electron chi connectivity index (χ2n) is 11.8. The van der Waals surface area contributed by atoms with E-state index in [4.69, 9.17) is 0 Å². The summed E-state index contributed by atoms with van der Waals surface area (Å²) in [6.07, 6.45) is 0. The fraction of sp³-hybridized carbons (Fsp3) is 0.400. The van der Waals surface area contributed by atoms with Gasteiger partial charge in [0, 0.05) is 11.4 Å². The number of hydrogen-bond donors (Lipinski definition) is 1. The van der Waals surface area contributed by atoms with Crippen LogP contribution in [0.1, 0.15) is 79.0 Å². The van der Waals surface area contributed by atoms with Crippen molar-refractivity contribution in [1.82, 2.24) is 0 Å². The fourth-order valence-electron chi connectivity index (χ4n) is 3.63. The molecule has 0 atom stereocenters. The zero-order valence-electron chi connectivity index (χ0n) is 20.9. The minimum absolute atomic E-state index is 0.122. The molecule has 0 saturated heterocycles. The smallest absolute Gasteiger partial charge is 0.0384 e. The van der Waals surface area contributed by atoms with Gasteiger partial charge < -0.3 is 5.32 Å². The molecule has 0 fully saturated rings. The van der Waals surface area contributed by atoms with E-state index >= 15 is 0 Å². The second kappa shape index (κ2) is 8.19. The average Bonchev–Trinajstić information content (AvgIpc) is 2.66. The van der Waals surface area contributed by atoms with Gasteiger partial charge in [-0.1, -0.05) is 105 Å². The molecule has 0 radical (unpaired) electrons. The van der Waals surface area contributed by atoms with Crippen LogP contribution in [-0.4, -0.2) is 0 Å². The summed E-state index contributed by atoms with van der Waals surface area (Å²) in [6, 6.07) is 24.6. The maximum absolute atomic E-state index is 3.53. The summed E-state index contributed by atoms with van der Waals surface area (Å²) in [5, 5.41) is 3.53. The van der Waals surface area contributed by atoms with E-state index < -0.39 is 0 Å². The Morgan fingerprint density at radius 2 is 0.806 bits per heavy atom. The highest BCUT2D eigenvalue weighted by atomic mass is 14.9. The number of rotatable bonds is 3. The van der Waals surface area contributed by atoms with Gasteiger partial charge in [0.25, 0.3) is 0 Å². The van der Waals surface area contributed by atoms with Gasteiger partial charge in [-0.05, 0) is 68.3 Å². The molecule has 31 heavy (non-hydrogen) atoms. The maximum Gasteiger partial charge on any atom is 0.0384 e. The summed E-state index contributed by atoms with van der Waals surface area (Å²) in [6.45, 7) is 20.5. The molecule has 164 valence electrons. The normalized spacial score (nSPS) is 12.7. The highest BCUT2D eigenvalue weighted by Gasteiger charge is 2.21. The maximum atomic E-state index is 3.53. The molecule has 0 aliphatic carbocycles. The molecule has 0 aromatic heterocycles. The molecular weight excluding hydrogens is 374 g/mol. The van der Waals surface area contributed by atoms with Gasteiger partial charge in [0.15, 0.2) is 0 Å². The molecule has 0 heterocycles. The summed E-state index contributed by atoms with van der Waals surface area (Å²) < 4.78 is 0. The highest BCUT2D eigenvalue weighted by molar-refractivity contribution is 5.70. The first-order chi connectivity index (χ1) is 14.2. The molecule has 0 amide bonds. The van der Waals surface area contributed by atoms with Crippen LogP contribution in [0.25, 0.3) is 11.1 Å². The number of hydrogen-bond acceptors (Lipinski definition) is 1. The van der Waals surface area contributed by atoms with Crippen molar-refractivity contribution in [2.24, 2.45) is 0 Å². The number of benzene rings is 3. The van der Waals surface area contributed by atoms with Crippen LogP contribution in [0.3, 0.4) is 0 Å². The minimum Gasteiger partial charge on any atom is -0.356 e. The minimum atomic E-state index is 0.122. The van der Waals surface area contributed by atoms with E-state index in [0.717, 1.165) is 11.4 Å². The molecule has 1 N–H and O–H groups in total. The van der Waals surface area contributed by atoms with Gasteiger partial charge in [0.05, 0.1) is 0 Å². The molecule has 0 aliphatic heterocycles. The van der Waals surface area contributed by atoms with Crippen LogP contribution in [0.2, 0.25) is 0 Å². The molecule has 1 nitrogen and oxygen atoms in total. The van der Waals surface area contributed by atoms with Crippen molar-refractivity contribution in [3.05, 3.63) is 83.4 Å². The lowest BCUT2D eigenvalue weighted by Crippen LogP contribution is -2.16. The summed E-state index contributed by atoms with van der Waals surface area (Å²) in [5.74, 6) is 0. The van der Waals surface area contributed by atoms with Crippen LogP contribution in [-0.2, 0) is 16.2 Å². The van der Waals surface area contributed by atoms with E-state index in [9.17, 15) is 0 Å². The lowest BCUT2D eigenvalue weighted by Gasteiger charge is -2.26. The van der Waals surface area contributed by atoms with E-state index in [-0.39, 0.29) is 16.2 Å². The van der Waals surface area contributed by atoms with Crippen LogP contribution in [0, 0.1) is 0 Å². The van der Waals surface area contributed by atoms with Crippen LogP contribution in [0.15, 0.2) is 66.7 Å². The van der Waals surface area contributed by atoms with Crippen LogP contribution in [0.4, 0.5) is 11.4 Å². The van der Waals surface area contributed by atoms with E-state index in [1.807, 2.05) is 0 Å².